The van der Waals surface area contributed by atoms with E-state index in [2.05, 4.69) is 15.9 Å². The number of carbonyl (C=O) groups excluding carboxylic acids is 1. The number of ether oxygens (including phenoxy) is 3. The number of halogens is 1. The van der Waals surface area contributed by atoms with Gasteiger partial charge in [-0.2, -0.15) is 0 Å². The van der Waals surface area contributed by atoms with Gasteiger partial charge in [-0.15, -0.1) is 0 Å². The zero-order valence-electron chi connectivity index (χ0n) is 12.3. The smallest absolute Gasteiger partial charge is 0.311 e. The van der Waals surface area contributed by atoms with Crippen LogP contribution in [0.2, 0.25) is 0 Å². The standard InChI is InChI=1S/C17H17BrO4/c1-20-15-8-2-3-9-16(15)22-17(19)10-5-11-21-14-7-4-6-13(18)12-14/h2-4,6-9,12H,5,10-11H2,1H3. The molecule has 0 aliphatic carbocycles. The Bertz CT molecular complexity index is 628. The molecule has 0 bridgehead atoms. The Hall–Kier alpha value is -2.01. The fourth-order valence-corrected chi connectivity index (χ4v) is 2.22. The number of esters is 1. The normalized spacial score (nSPS) is 10.1. The molecule has 0 N–H and O–H groups in total. The van der Waals surface area contributed by atoms with Crippen molar-refractivity contribution in [1.82, 2.24) is 0 Å². The fraction of sp³-hybridized carbons (Fsp3) is 0.235. The molecule has 0 fully saturated rings. The molecule has 0 radical (unpaired) electrons. The Labute approximate surface area is 138 Å². The van der Waals surface area contributed by atoms with Gasteiger partial charge in [0.15, 0.2) is 11.5 Å². The summed E-state index contributed by atoms with van der Waals surface area (Å²) in [4.78, 5) is 11.8. The van der Waals surface area contributed by atoms with E-state index < -0.39 is 0 Å². The first-order valence-electron chi connectivity index (χ1n) is 6.91. The van der Waals surface area contributed by atoms with Crippen LogP contribution < -0.4 is 14.2 Å². The minimum Gasteiger partial charge on any atom is -0.494 e. The average Bonchev–Trinajstić information content (AvgIpc) is 2.52. The van der Waals surface area contributed by atoms with Crippen LogP contribution in [-0.2, 0) is 4.79 Å². The molecule has 0 aromatic heterocycles. The molecule has 116 valence electrons. The molecule has 2 aromatic rings. The second kappa shape index (κ2) is 8.44. The molecule has 0 aliphatic heterocycles. The molecular weight excluding hydrogens is 348 g/mol. The monoisotopic (exact) mass is 364 g/mol. The van der Waals surface area contributed by atoms with Crippen LogP contribution in [0.5, 0.6) is 17.2 Å². The number of para-hydroxylation sites is 2. The highest BCUT2D eigenvalue weighted by Gasteiger charge is 2.09. The first-order valence-corrected chi connectivity index (χ1v) is 7.70. The summed E-state index contributed by atoms with van der Waals surface area (Å²) in [5.74, 6) is 1.44. The van der Waals surface area contributed by atoms with Crippen molar-refractivity contribution in [3.05, 3.63) is 53.0 Å². The second-order valence-electron chi connectivity index (χ2n) is 4.53. The Morgan fingerprint density at radius 2 is 1.86 bits per heavy atom. The molecule has 0 atom stereocenters. The van der Waals surface area contributed by atoms with Gasteiger partial charge in [0.05, 0.1) is 13.7 Å². The summed E-state index contributed by atoms with van der Waals surface area (Å²) in [6.45, 7) is 0.456. The summed E-state index contributed by atoms with van der Waals surface area (Å²) < 4.78 is 16.9. The van der Waals surface area contributed by atoms with Crippen LogP contribution in [0.15, 0.2) is 53.0 Å². The zero-order chi connectivity index (χ0) is 15.8. The van der Waals surface area contributed by atoms with E-state index in [4.69, 9.17) is 14.2 Å². The van der Waals surface area contributed by atoms with Gasteiger partial charge in [-0.25, -0.2) is 0 Å². The summed E-state index contributed by atoms with van der Waals surface area (Å²) in [5, 5.41) is 0. The molecule has 22 heavy (non-hydrogen) atoms. The first-order chi connectivity index (χ1) is 10.7. The lowest BCUT2D eigenvalue weighted by Gasteiger charge is -2.09. The minimum absolute atomic E-state index is 0.284. The van der Waals surface area contributed by atoms with Gasteiger partial charge >= 0.3 is 5.97 Å². The molecular formula is C17H17BrO4. The summed E-state index contributed by atoms with van der Waals surface area (Å²) in [7, 11) is 1.54. The summed E-state index contributed by atoms with van der Waals surface area (Å²) >= 11 is 3.38. The van der Waals surface area contributed by atoms with Crippen molar-refractivity contribution in [3.8, 4) is 17.2 Å². The van der Waals surface area contributed by atoms with Crippen LogP contribution >= 0.6 is 15.9 Å². The Balaban J connectivity index is 1.74. The summed E-state index contributed by atoms with van der Waals surface area (Å²) in [6.07, 6.45) is 0.868. The van der Waals surface area contributed by atoms with Gasteiger partial charge in [0.25, 0.3) is 0 Å². The van der Waals surface area contributed by atoms with Gasteiger partial charge in [0, 0.05) is 10.9 Å². The summed E-state index contributed by atoms with van der Waals surface area (Å²) in [5.41, 5.74) is 0. The van der Waals surface area contributed by atoms with Crippen LogP contribution in [0.4, 0.5) is 0 Å². The molecule has 0 saturated heterocycles. The number of rotatable bonds is 7. The van der Waals surface area contributed by atoms with E-state index in [-0.39, 0.29) is 12.4 Å². The molecule has 0 aliphatic rings. The van der Waals surface area contributed by atoms with E-state index >= 15 is 0 Å². The molecule has 0 spiro atoms. The van der Waals surface area contributed by atoms with Gasteiger partial charge in [0.2, 0.25) is 0 Å². The first kappa shape index (κ1) is 16.4. The van der Waals surface area contributed by atoms with E-state index in [0.29, 0.717) is 24.5 Å². The average molecular weight is 365 g/mol. The lowest BCUT2D eigenvalue weighted by atomic mass is 10.3. The van der Waals surface area contributed by atoms with Crippen LogP contribution in [-0.4, -0.2) is 19.7 Å². The maximum Gasteiger partial charge on any atom is 0.311 e. The minimum atomic E-state index is -0.303. The van der Waals surface area contributed by atoms with E-state index in [1.165, 1.54) is 0 Å². The third-order valence-corrected chi connectivity index (χ3v) is 3.38. The highest BCUT2D eigenvalue weighted by molar-refractivity contribution is 9.10. The van der Waals surface area contributed by atoms with E-state index in [1.807, 2.05) is 30.3 Å². The summed E-state index contributed by atoms with van der Waals surface area (Å²) in [6, 6.07) is 14.6. The number of hydrogen-bond acceptors (Lipinski definition) is 4. The van der Waals surface area contributed by atoms with Crippen molar-refractivity contribution in [2.45, 2.75) is 12.8 Å². The lowest BCUT2D eigenvalue weighted by molar-refractivity contribution is -0.134. The predicted molar refractivity (Wildman–Crippen MR) is 87.5 cm³/mol. The van der Waals surface area contributed by atoms with Crippen molar-refractivity contribution >= 4 is 21.9 Å². The second-order valence-corrected chi connectivity index (χ2v) is 5.45. The van der Waals surface area contributed by atoms with Crippen molar-refractivity contribution < 1.29 is 19.0 Å². The van der Waals surface area contributed by atoms with E-state index in [1.54, 1.807) is 25.3 Å². The SMILES string of the molecule is COc1ccccc1OC(=O)CCCOc1cccc(Br)c1. The predicted octanol–water partition coefficient (Wildman–Crippen LogP) is 4.22. The molecule has 2 rings (SSSR count). The van der Waals surface area contributed by atoms with Gasteiger partial charge in [-0.3, -0.25) is 4.79 Å². The quantitative estimate of drug-likeness (QED) is 0.419. The molecule has 0 heterocycles. The van der Waals surface area contributed by atoms with Gasteiger partial charge in [-0.05, 0) is 36.8 Å². The lowest BCUT2D eigenvalue weighted by Crippen LogP contribution is -2.10. The third kappa shape index (κ3) is 5.07. The Morgan fingerprint density at radius 1 is 1.09 bits per heavy atom. The molecule has 4 nitrogen and oxygen atoms in total. The van der Waals surface area contributed by atoms with E-state index in [0.717, 1.165) is 10.2 Å². The maximum atomic E-state index is 11.8. The number of carbonyl (C=O) groups is 1. The van der Waals surface area contributed by atoms with Crippen LogP contribution in [0.3, 0.4) is 0 Å². The molecule has 0 unspecified atom stereocenters. The molecule has 5 heteroatoms. The van der Waals surface area contributed by atoms with Gasteiger partial charge in [-0.1, -0.05) is 34.1 Å². The number of methoxy groups -OCH3 is 1. The van der Waals surface area contributed by atoms with Crippen molar-refractivity contribution in [2.75, 3.05) is 13.7 Å². The van der Waals surface area contributed by atoms with Gasteiger partial charge < -0.3 is 14.2 Å². The molecule has 0 amide bonds. The van der Waals surface area contributed by atoms with Crippen molar-refractivity contribution in [3.63, 3.8) is 0 Å². The van der Waals surface area contributed by atoms with E-state index in [9.17, 15) is 4.79 Å². The van der Waals surface area contributed by atoms with Crippen LogP contribution in [0, 0.1) is 0 Å². The highest BCUT2D eigenvalue weighted by atomic mass is 79.9. The zero-order valence-corrected chi connectivity index (χ0v) is 13.8. The van der Waals surface area contributed by atoms with Crippen molar-refractivity contribution in [2.24, 2.45) is 0 Å². The Kier molecular flexibility index (Phi) is 6.27. The fourth-order valence-electron chi connectivity index (χ4n) is 1.84. The number of benzene rings is 2. The Morgan fingerprint density at radius 3 is 2.59 bits per heavy atom. The van der Waals surface area contributed by atoms with Crippen LogP contribution in [0.1, 0.15) is 12.8 Å². The maximum absolute atomic E-state index is 11.8. The third-order valence-electron chi connectivity index (χ3n) is 2.88. The highest BCUT2D eigenvalue weighted by Crippen LogP contribution is 2.26. The molecule has 0 saturated carbocycles. The number of hydrogen-bond donors (Lipinski definition) is 0. The largest absolute Gasteiger partial charge is 0.494 e. The molecule has 2 aromatic carbocycles. The van der Waals surface area contributed by atoms with Crippen LogP contribution in [0.25, 0.3) is 0 Å². The van der Waals surface area contributed by atoms with Gasteiger partial charge in [0.1, 0.15) is 5.75 Å². The topological polar surface area (TPSA) is 44.8 Å². The van der Waals surface area contributed by atoms with Crippen molar-refractivity contribution in [1.29, 1.82) is 0 Å².